The fourth-order valence-electron chi connectivity index (χ4n) is 1.26. The van der Waals surface area contributed by atoms with E-state index in [-0.39, 0.29) is 13.2 Å². The van der Waals surface area contributed by atoms with Crippen molar-refractivity contribution < 1.29 is 19.1 Å². The van der Waals surface area contributed by atoms with E-state index in [4.69, 9.17) is 9.47 Å². The lowest BCUT2D eigenvalue weighted by Gasteiger charge is -2.21. The monoisotopic (exact) mass is 230 g/mol. The van der Waals surface area contributed by atoms with E-state index in [1.807, 2.05) is 0 Å². The molecule has 4 nitrogen and oxygen atoms in total. The van der Waals surface area contributed by atoms with Gasteiger partial charge in [0.2, 0.25) is 4.75 Å². The molecule has 1 heterocycles. The summed E-state index contributed by atoms with van der Waals surface area (Å²) in [6, 6.07) is 0. The van der Waals surface area contributed by atoms with Gasteiger partial charge in [0.15, 0.2) is 0 Å². The third kappa shape index (κ3) is 2.34. The Hall–Kier alpha value is -0.970. The van der Waals surface area contributed by atoms with Crippen LogP contribution in [0.3, 0.4) is 0 Å². The number of hydrogen-bond donors (Lipinski definition) is 0. The summed E-state index contributed by atoms with van der Waals surface area (Å²) in [5.74, 6) is -0.457. The fourth-order valence-corrected chi connectivity index (χ4v) is 2.26. The molecule has 0 spiro atoms. The van der Waals surface area contributed by atoms with Crippen molar-refractivity contribution in [3.63, 3.8) is 0 Å². The maximum absolute atomic E-state index is 11.7. The number of esters is 2. The van der Waals surface area contributed by atoms with Crippen LogP contribution in [0, 0.1) is 0 Å². The van der Waals surface area contributed by atoms with Crippen LogP contribution in [-0.4, -0.2) is 35.7 Å². The predicted molar refractivity (Wildman–Crippen MR) is 57.6 cm³/mol. The topological polar surface area (TPSA) is 52.6 Å². The van der Waals surface area contributed by atoms with Gasteiger partial charge in [0.25, 0.3) is 0 Å². The minimum absolute atomic E-state index is 0.258. The highest BCUT2D eigenvalue weighted by Gasteiger charge is 2.49. The van der Waals surface area contributed by atoms with Gasteiger partial charge in [-0.3, -0.25) is 0 Å². The van der Waals surface area contributed by atoms with Gasteiger partial charge in [0, 0.05) is 5.75 Å². The molecule has 0 fully saturated rings. The number of ether oxygens (including phenoxy) is 2. The second-order valence-electron chi connectivity index (χ2n) is 2.89. The Labute approximate surface area is 93.0 Å². The molecule has 1 aliphatic heterocycles. The van der Waals surface area contributed by atoms with Gasteiger partial charge in [0.05, 0.1) is 13.2 Å². The second kappa shape index (κ2) is 5.21. The third-order valence-electron chi connectivity index (χ3n) is 1.92. The Morgan fingerprint density at radius 3 is 2.13 bits per heavy atom. The second-order valence-corrected chi connectivity index (χ2v) is 4.16. The molecule has 84 valence electrons. The lowest BCUT2D eigenvalue weighted by atomic mass is 10.1. The van der Waals surface area contributed by atoms with E-state index in [1.54, 1.807) is 26.0 Å². The summed E-state index contributed by atoms with van der Waals surface area (Å²) in [6.07, 6.45) is 3.34. The summed E-state index contributed by atoms with van der Waals surface area (Å²) >= 11 is 1.23. The van der Waals surface area contributed by atoms with Crippen molar-refractivity contribution in [1.29, 1.82) is 0 Å². The lowest BCUT2D eigenvalue weighted by Crippen LogP contribution is -2.43. The van der Waals surface area contributed by atoms with Crippen LogP contribution >= 0.6 is 11.8 Å². The largest absolute Gasteiger partial charge is 0.464 e. The zero-order chi connectivity index (χ0) is 11.3. The molecule has 0 aromatic heterocycles. The van der Waals surface area contributed by atoms with E-state index in [1.165, 1.54) is 11.8 Å². The molecular weight excluding hydrogens is 216 g/mol. The SMILES string of the molecule is CCOC(=O)C1(C(=O)OCC)C=CCS1. The van der Waals surface area contributed by atoms with Crippen molar-refractivity contribution in [2.24, 2.45) is 0 Å². The van der Waals surface area contributed by atoms with Gasteiger partial charge in [-0.2, -0.15) is 0 Å². The first kappa shape index (κ1) is 12.1. The minimum atomic E-state index is -1.27. The molecule has 15 heavy (non-hydrogen) atoms. The molecule has 0 N–H and O–H groups in total. The van der Waals surface area contributed by atoms with Crippen LogP contribution in [0.1, 0.15) is 13.8 Å². The van der Waals surface area contributed by atoms with Gasteiger partial charge in [-0.05, 0) is 19.9 Å². The molecule has 0 radical (unpaired) electrons. The highest BCUT2D eigenvalue weighted by atomic mass is 32.2. The van der Waals surface area contributed by atoms with Crippen molar-refractivity contribution in [2.75, 3.05) is 19.0 Å². The normalized spacial score (nSPS) is 17.5. The van der Waals surface area contributed by atoms with E-state index < -0.39 is 16.7 Å². The first-order chi connectivity index (χ1) is 7.17. The van der Waals surface area contributed by atoms with Crippen LogP contribution in [0.15, 0.2) is 12.2 Å². The quantitative estimate of drug-likeness (QED) is 0.412. The Balaban J connectivity index is 2.83. The van der Waals surface area contributed by atoms with Crippen LogP contribution in [-0.2, 0) is 19.1 Å². The van der Waals surface area contributed by atoms with Crippen LogP contribution in [0.4, 0.5) is 0 Å². The molecule has 0 aromatic rings. The zero-order valence-electron chi connectivity index (χ0n) is 8.82. The molecule has 0 amide bonds. The summed E-state index contributed by atoms with van der Waals surface area (Å²) in [4.78, 5) is 23.4. The van der Waals surface area contributed by atoms with E-state index in [0.717, 1.165) is 0 Å². The van der Waals surface area contributed by atoms with Crippen molar-refractivity contribution >= 4 is 23.7 Å². The molecule has 1 rings (SSSR count). The van der Waals surface area contributed by atoms with Gasteiger partial charge in [-0.25, -0.2) is 9.59 Å². The lowest BCUT2D eigenvalue weighted by molar-refractivity contribution is -0.156. The highest BCUT2D eigenvalue weighted by Crippen LogP contribution is 2.35. The van der Waals surface area contributed by atoms with E-state index in [0.29, 0.717) is 5.75 Å². The molecular formula is C10H14O4S. The van der Waals surface area contributed by atoms with Crippen LogP contribution in [0.5, 0.6) is 0 Å². The Bertz CT molecular complexity index is 267. The number of rotatable bonds is 4. The molecule has 0 bridgehead atoms. The first-order valence-corrected chi connectivity index (χ1v) is 5.82. The minimum Gasteiger partial charge on any atom is -0.464 e. The highest BCUT2D eigenvalue weighted by molar-refractivity contribution is 8.02. The summed E-state index contributed by atoms with van der Waals surface area (Å²) < 4.78 is 8.50. The van der Waals surface area contributed by atoms with Gasteiger partial charge in [-0.15, -0.1) is 11.8 Å². The maximum Gasteiger partial charge on any atom is 0.337 e. The van der Waals surface area contributed by atoms with E-state index in [2.05, 4.69) is 0 Å². The summed E-state index contributed by atoms with van der Waals surface area (Å²) in [5, 5.41) is 0. The number of hydrogen-bond acceptors (Lipinski definition) is 5. The molecule has 1 aliphatic rings. The number of carbonyl (C=O) groups is 2. The van der Waals surface area contributed by atoms with Crippen molar-refractivity contribution in [1.82, 2.24) is 0 Å². The zero-order valence-corrected chi connectivity index (χ0v) is 9.63. The van der Waals surface area contributed by atoms with E-state index >= 15 is 0 Å². The van der Waals surface area contributed by atoms with Crippen LogP contribution in [0.2, 0.25) is 0 Å². The Morgan fingerprint density at radius 1 is 1.27 bits per heavy atom. The molecule has 0 saturated heterocycles. The van der Waals surface area contributed by atoms with Crippen molar-refractivity contribution in [2.45, 2.75) is 18.6 Å². The molecule has 0 aromatic carbocycles. The van der Waals surface area contributed by atoms with Gasteiger partial charge < -0.3 is 9.47 Å². The molecule has 0 saturated carbocycles. The average molecular weight is 230 g/mol. The predicted octanol–water partition coefficient (Wildman–Crippen LogP) is 1.15. The van der Waals surface area contributed by atoms with Gasteiger partial charge in [-0.1, -0.05) is 6.08 Å². The average Bonchev–Trinajstić information content (AvgIpc) is 2.68. The maximum atomic E-state index is 11.7. The third-order valence-corrected chi connectivity index (χ3v) is 3.20. The van der Waals surface area contributed by atoms with Crippen molar-refractivity contribution in [3.05, 3.63) is 12.2 Å². The summed E-state index contributed by atoms with van der Waals surface area (Å²) in [5.41, 5.74) is 0. The van der Waals surface area contributed by atoms with Crippen LogP contribution < -0.4 is 0 Å². The molecule has 0 aliphatic carbocycles. The van der Waals surface area contributed by atoms with Crippen molar-refractivity contribution in [3.8, 4) is 0 Å². The first-order valence-electron chi connectivity index (χ1n) is 4.83. The van der Waals surface area contributed by atoms with Gasteiger partial charge in [0.1, 0.15) is 0 Å². The number of carbonyl (C=O) groups excluding carboxylic acids is 2. The summed E-state index contributed by atoms with van der Waals surface area (Å²) in [6.45, 7) is 3.93. The summed E-state index contributed by atoms with van der Waals surface area (Å²) in [7, 11) is 0. The Morgan fingerprint density at radius 2 is 1.80 bits per heavy atom. The van der Waals surface area contributed by atoms with Gasteiger partial charge >= 0.3 is 11.9 Å². The molecule has 5 heteroatoms. The molecule has 0 unspecified atom stereocenters. The standard InChI is InChI=1S/C10H14O4S/c1-3-13-8(11)10(6-5-7-15-10)9(12)14-4-2/h5-6H,3-4,7H2,1-2H3. The molecule has 0 atom stereocenters. The fraction of sp³-hybridized carbons (Fsp3) is 0.600. The Kier molecular flexibility index (Phi) is 4.20. The van der Waals surface area contributed by atoms with Crippen LogP contribution in [0.25, 0.3) is 0 Å². The van der Waals surface area contributed by atoms with E-state index in [9.17, 15) is 9.59 Å². The smallest absolute Gasteiger partial charge is 0.337 e. The number of thioether (sulfide) groups is 1.